The maximum atomic E-state index is 2.39. The van der Waals surface area contributed by atoms with E-state index < -0.39 is 8.07 Å². The van der Waals surface area contributed by atoms with E-state index in [0.29, 0.717) is 0 Å². The number of hydrogen-bond acceptors (Lipinski definition) is 0. The number of rotatable bonds is 2. The number of hydrogen-bond donors (Lipinski definition) is 0. The summed E-state index contributed by atoms with van der Waals surface area (Å²) >= 11 is 0. The van der Waals surface area contributed by atoms with Crippen LogP contribution in [0.2, 0.25) is 0 Å². The van der Waals surface area contributed by atoms with Crippen molar-refractivity contribution >= 4 is 50.4 Å². The fourth-order valence-electron chi connectivity index (χ4n) is 6.28. The first kappa shape index (κ1) is 19.5. The normalized spacial score (nSPS) is 13.7. The molecule has 0 spiro atoms. The molecule has 0 saturated carbocycles. The van der Waals surface area contributed by atoms with E-state index in [1.807, 2.05) is 0 Å². The Morgan fingerprint density at radius 1 is 0.412 bits per heavy atom. The van der Waals surface area contributed by atoms with Gasteiger partial charge in [-0.1, -0.05) is 127 Å². The molecule has 0 nitrogen and oxygen atoms in total. The van der Waals surface area contributed by atoms with Crippen LogP contribution in [0, 0.1) is 6.92 Å². The van der Waals surface area contributed by atoms with Gasteiger partial charge in [-0.15, -0.1) is 0 Å². The van der Waals surface area contributed by atoms with Crippen LogP contribution in [0.5, 0.6) is 0 Å². The Kier molecular flexibility index (Phi) is 4.18. The molecule has 6 aromatic rings. The zero-order valence-electron chi connectivity index (χ0n) is 19.1. The first-order valence-corrected chi connectivity index (χ1v) is 14.0. The van der Waals surface area contributed by atoms with Gasteiger partial charge in [0.2, 0.25) is 0 Å². The van der Waals surface area contributed by atoms with Gasteiger partial charge < -0.3 is 0 Å². The summed E-state index contributed by atoms with van der Waals surface area (Å²) in [6.45, 7) is 2.21. The molecule has 1 aliphatic rings. The summed E-state index contributed by atoms with van der Waals surface area (Å²) in [4.78, 5) is 0. The van der Waals surface area contributed by atoms with E-state index in [9.17, 15) is 0 Å². The molecule has 34 heavy (non-hydrogen) atoms. The predicted molar refractivity (Wildman–Crippen MR) is 149 cm³/mol. The van der Waals surface area contributed by atoms with Crippen LogP contribution in [0.15, 0.2) is 127 Å². The van der Waals surface area contributed by atoms with Gasteiger partial charge in [-0.05, 0) is 65.9 Å². The van der Waals surface area contributed by atoms with Gasteiger partial charge in [-0.25, -0.2) is 0 Å². The van der Waals surface area contributed by atoms with E-state index in [4.69, 9.17) is 0 Å². The van der Waals surface area contributed by atoms with E-state index in [1.54, 1.807) is 0 Å². The standard InChI is InChI=1S/C33H24Si/c1-23-11-10-17-27-26(23)19-21-30-28(27)20-22-31-29-16-8-9-18-32(29)34(33(30)31,24-12-4-2-5-13-24)25-14-6-3-7-15-25/h2-22H,1H3. The minimum absolute atomic E-state index is 1.33. The highest BCUT2D eigenvalue weighted by molar-refractivity contribution is 7.23. The average molecular weight is 449 g/mol. The van der Waals surface area contributed by atoms with Gasteiger partial charge in [0.25, 0.3) is 0 Å². The van der Waals surface area contributed by atoms with Crippen LogP contribution in [0.25, 0.3) is 32.7 Å². The second-order valence-corrected chi connectivity index (χ2v) is 13.0. The fourth-order valence-corrected chi connectivity index (χ4v) is 11.7. The molecule has 0 radical (unpaired) electrons. The molecule has 160 valence electrons. The van der Waals surface area contributed by atoms with Gasteiger partial charge in [-0.3, -0.25) is 0 Å². The van der Waals surface area contributed by atoms with E-state index in [0.717, 1.165) is 0 Å². The topological polar surface area (TPSA) is 0 Å². The van der Waals surface area contributed by atoms with Gasteiger partial charge in [0, 0.05) is 0 Å². The van der Waals surface area contributed by atoms with Gasteiger partial charge in [0.15, 0.2) is 8.07 Å². The second kappa shape index (κ2) is 7.28. The van der Waals surface area contributed by atoms with Gasteiger partial charge >= 0.3 is 0 Å². The Morgan fingerprint density at radius 2 is 1.00 bits per heavy atom. The average Bonchev–Trinajstić information content (AvgIpc) is 3.21. The molecule has 0 fully saturated rings. The molecule has 1 heterocycles. The van der Waals surface area contributed by atoms with Crippen molar-refractivity contribution in [3.63, 3.8) is 0 Å². The Morgan fingerprint density at radius 3 is 1.74 bits per heavy atom. The van der Waals surface area contributed by atoms with Crippen LogP contribution in [-0.2, 0) is 0 Å². The summed E-state index contributed by atoms with van der Waals surface area (Å²) in [5.74, 6) is 0. The summed E-state index contributed by atoms with van der Waals surface area (Å²) in [6, 6.07) is 47.8. The third-order valence-electron chi connectivity index (χ3n) is 7.69. The van der Waals surface area contributed by atoms with Crippen LogP contribution < -0.4 is 20.7 Å². The van der Waals surface area contributed by atoms with E-state index in [-0.39, 0.29) is 0 Å². The highest BCUT2D eigenvalue weighted by Crippen LogP contribution is 2.35. The molecule has 0 bridgehead atoms. The Balaban J connectivity index is 1.73. The minimum Gasteiger partial charge on any atom is -0.0623 e. The molecule has 0 N–H and O–H groups in total. The summed E-state index contributed by atoms with van der Waals surface area (Å²) in [7, 11) is -2.49. The van der Waals surface area contributed by atoms with Crippen LogP contribution >= 0.6 is 0 Å². The van der Waals surface area contributed by atoms with Crippen molar-refractivity contribution in [3.8, 4) is 11.1 Å². The van der Waals surface area contributed by atoms with Gasteiger partial charge in [0.05, 0.1) is 0 Å². The minimum atomic E-state index is -2.49. The molecule has 0 saturated heterocycles. The first-order valence-electron chi connectivity index (χ1n) is 12.0. The maximum absolute atomic E-state index is 2.49. The quantitative estimate of drug-likeness (QED) is 0.236. The fraction of sp³-hybridized carbons (Fsp3) is 0.0303. The smallest absolute Gasteiger partial charge is 0.0623 e. The van der Waals surface area contributed by atoms with E-state index in [2.05, 4.69) is 134 Å². The van der Waals surface area contributed by atoms with Crippen molar-refractivity contribution in [1.29, 1.82) is 0 Å². The molecule has 7 rings (SSSR count). The van der Waals surface area contributed by atoms with Gasteiger partial charge in [0.1, 0.15) is 0 Å². The lowest BCUT2D eigenvalue weighted by molar-refractivity contribution is 1.54. The zero-order valence-corrected chi connectivity index (χ0v) is 20.1. The first-order chi connectivity index (χ1) is 16.8. The van der Waals surface area contributed by atoms with Crippen molar-refractivity contribution < 1.29 is 0 Å². The highest BCUT2D eigenvalue weighted by atomic mass is 28.3. The molecule has 1 heteroatoms. The van der Waals surface area contributed by atoms with Crippen LogP contribution in [0.3, 0.4) is 0 Å². The molecule has 0 aliphatic carbocycles. The molecule has 0 atom stereocenters. The molecule has 6 aromatic carbocycles. The summed E-state index contributed by atoms with van der Waals surface area (Å²) in [5.41, 5.74) is 4.12. The van der Waals surface area contributed by atoms with Crippen molar-refractivity contribution in [2.75, 3.05) is 0 Å². The van der Waals surface area contributed by atoms with Crippen molar-refractivity contribution in [1.82, 2.24) is 0 Å². The van der Waals surface area contributed by atoms with E-state index >= 15 is 0 Å². The highest BCUT2D eigenvalue weighted by Gasteiger charge is 2.49. The van der Waals surface area contributed by atoms with Crippen molar-refractivity contribution in [3.05, 3.63) is 133 Å². The number of benzene rings is 6. The number of aryl methyl sites for hydroxylation is 1. The summed E-state index contributed by atoms with van der Waals surface area (Å²) in [5, 5.41) is 11.4. The molecule has 0 aromatic heterocycles. The Bertz CT molecular complexity index is 1660. The monoisotopic (exact) mass is 448 g/mol. The third kappa shape index (κ3) is 2.48. The molecule has 0 amide bonds. The van der Waals surface area contributed by atoms with Crippen LogP contribution in [0.4, 0.5) is 0 Å². The Labute approximate surface area is 201 Å². The van der Waals surface area contributed by atoms with Crippen LogP contribution in [-0.4, -0.2) is 8.07 Å². The lowest BCUT2D eigenvalue weighted by Crippen LogP contribution is -2.72. The Hall–Kier alpha value is -3.94. The molecule has 0 unspecified atom stereocenters. The molecular formula is C33H24Si. The summed E-state index contributed by atoms with van der Waals surface area (Å²) < 4.78 is 0. The molecular weight excluding hydrogens is 424 g/mol. The SMILES string of the molecule is Cc1cccc2c1ccc1c3c(ccc12)-c1ccccc1[Si]3(c1ccccc1)c1ccccc1. The van der Waals surface area contributed by atoms with Crippen molar-refractivity contribution in [2.45, 2.75) is 6.92 Å². The third-order valence-corrected chi connectivity index (χ3v) is 12.6. The predicted octanol–water partition coefficient (Wildman–Crippen LogP) is 5.66. The summed E-state index contributed by atoms with van der Waals surface area (Å²) in [6.07, 6.45) is 0. The number of fused-ring (bicyclic) bond motifs is 7. The lowest BCUT2D eigenvalue weighted by Gasteiger charge is -2.32. The van der Waals surface area contributed by atoms with Crippen molar-refractivity contribution in [2.24, 2.45) is 0 Å². The van der Waals surface area contributed by atoms with Gasteiger partial charge in [-0.2, -0.15) is 0 Å². The lowest BCUT2D eigenvalue weighted by atomic mass is 9.96. The largest absolute Gasteiger partial charge is 0.181 e. The maximum Gasteiger partial charge on any atom is 0.181 e. The zero-order chi connectivity index (χ0) is 22.7. The van der Waals surface area contributed by atoms with E-state index in [1.165, 1.54) is 59.0 Å². The second-order valence-electron chi connectivity index (χ2n) is 9.35. The van der Waals surface area contributed by atoms with Crippen LogP contribution in [0.1, 0.15) is 5.56 Å². The molecule has 1 aliphatic heterocycles.